The standard InChI is InChI=1S/C18H26N4O2.HI/c1-4-19-18(20-9-14(3)11-23)21-10-16-12-24-17(22-16)15-7-5-13(2)6-8-15;/h5-8,12,14,23H,4,9-11H2,1-3H3,(H2,19,20,21);1H. The summed E-state index contributed by atoms with van der Waals surface area (Å²) in [6, 6.07) is 8.06. The highest BCUT2D eigenvalue weighted by Crippen LogP contribution is 2.19. The number of hydrogen-bond acceptors (Lipinski definition) is 4. The van der Waals surface area contributed by atoms with Crippen LogP contribution in [0.15, 0.2) is 39.9 Å². The lowest BCUT2D eigenvalue weighted by Gasteiger charge is -2.13. The van der Waals surface area contributed by atoms with Crippen LogP contribution in [0.3, 0.4) is 0 Å². The SMILES string of the molecule is CCNC(=NCc1coc(-c2ccc(C)cc2)n1)NCC(C)CO.I. The average molecular weight is 458 g/mol. The summed E-state index contributed by atoms with van der Waals surface area (Å²) in [6.07, 6.45) is 1.64. The Morgan fingerprint density at radius 3 is 2.64 bits per heavy atom. The first-order chi connectivity index (χ1) is 11.6. The third-order valence-corrected chi connectivity index (χ3v) is 3.52. The van der Waals surface area contributed by atoms with Gasteiger partial charge >= 0.3 is 0 Å². The Balaban J connectivity index is 0.00000312. The number of aromatic nitrogens is 1. The predicted molar refractivity (Wildman–Crippen MR) is 111 cm³/mol. The van der Waals surface area contributed by atoms with Gasteiger partial charge in [0.1, 0.15) is 12.0 Å². The number of nitrogens with one attached hydrogen (secondary N) is 2. The molecule has 0 saturated carbocycles. The molecule has 6 nitrogen and oxygen atoms in total. The van der Waals surface area contributed by atoms with E-state index in [4.69, 9.17) is 9.52 Å². The Hall–Kier alpha value is -1.61. The lowest BCUT2D eigenvalue weighted by Crippen LogP contribution is -2.39. The molecule has 0 aliphatic rings. The molecule has 1 aromatic heterocycles. The lowest BCUT2D eigenvalue weighted by molar-refractivity contribution is 0.238. The van der Waals surface area contributed by atoms with Crippen LogP contribution in [0.5, 0.6) is 0 Å². The molecule has 2 aromatic rings. The van der Waals surface area contributed by atoms with Gasteiger partial charge in [0.05, 0.1) is 6.54 Å². The monoisotopic (exact) mass is 458 g/mol. The van der Waals surface area contributed by atoms with Crippen molar-refractivity contribution in [2.24, 2.45) is 10.9 Å². The van der Waals surface area contributed by atoms with E-state index in [1.807, 2.05) is 45.0 Å². The van der Waals surface area contributed by atoms with Crippen molar-refractivity contribution in [3.63, 3.8) is 0 Å². The van der Waals surface area contributed by atoms with E-state index < -0.39 is 0 Å². The van der Waals surface area contributed by atoms with Crippen molar-refractivity contribution in [1.82, 2.24) is 15.6 Å². The number of hydrogen-bond donors (Lipinski definition) is 3. The van der Waals surface area contributed by atoms with Gasteiger partial charge in [0, 0.05) is 25.3 Å². The van der Waals surface area contributed by atoms with Crippen molar-refractivity contribution in [3.05, 3.63) is 41.8 Å². The highest BCUT2D eigenvalue weighted by Gasteiger charge is 2.07. The molecule has 2 rings (SSSR count). The van der Waals surface area contributed by atoms with E-state index in [9.17, 15) is 0 Å². The number of guanidine groups is 1. The van der Waals surface area contributed by atoms with Crippen molar-refractivity contribution in [2.75, 3.05) is 19.7 Å². The van der Waals surface area contributed by atoms with E-state index in [1.54, 1.807) is 6.26 Å². The van der Waals surface area contributed by atoms with Crippen molar-refractivity contribution < 1.29 is 9.52 Å². The van der Waals surface area contributed by atoms with Gasteiger partial charge in [0.25, 0.3) is 0 Å². The Morgan fingerprint density at radius 2 is 2.00 bits per heavy atom. The Labute approximate surface area is 166 Å². The van der Waals surface area contributed by atoms with Crippen LogP contribution < -0.4 is 10.6 Å². The zero-order valence-corrected chi connectivity index (χ0v) is 17.3. The molecule has 1 aromatic carbocycles. The lowest BCUT2D eigenvalue weighted by atomic mass is 10.1. The van der Waals surface area contributed by atoms with E-state index >= 15 is 0 Å². The number of oxazole rings is 1. The minimum Gasteiger partial charge on any atom is -0.444 e. The highest BCUT2D eigenvalue weighted by atomic mass is 127. The molecular formula is C18H27IN4O2. The van der Waals surface area contributed by atoms with Gasteiger partial charge in [0.15, 0.2) is 5.96 Å². The van der Waals surface area contributed by atoms with Crippen LogP contribution in [0.4, 0.5) is 0 Å². The van der Waals surface area contributed by atoms with Gasteiger partial charge in [-0.1, -0.05) is 24.6 Å². The molecule has 7 heteroatoms. The second-order valence-corrected chi connectivity index (χ2v) is 5.87. The molecule has 0 aliphatic heterocycles. The van der Waals surface area contributed by atoms with Gasteiger partial charge in [0.2, 0.25) is 5.89 Å². The Bertz CT molecular complexity index is 655. The summed E-state index contributed by atoms with van der Waals surface area (Å²) in [7, 11) is 0. The van der Waals surface area contributed by atoms with Gasteiger partial charge in [-0.2, -0.15) is 0 Å². The fourth-order valence-electron chi connectivity index (χ4n) is 2.05. The number of aliphatic hydroxyl groups is 1. The van der Waals surface area contributed by atoms with E-state index in [1.165, 1.54) is 5.56 Å². The topological polar surface area (TPSA) is 82.7 Å². The van der Waals surface area contributed by atoms with E-state index in [-0.39, 0.29) is 36.5 Å². The van der Waals surface area contributed by atoms with Gasteiger partial charge in [-0.25, -0.2) is 9.98 Å². The number of halogens is 1. The van der Waals surface area contributed by atoms with Crippen molar-refractivity contribution >= 4 is 29.9 Å². The zero-order chi connectivity index (χ0) is 17.4. The predicted octanol–water partition coefficient (Wildman–Crippen LogP) is 2.95. The largest absolute Gasteiger partial charge is 0.444 e. The summed E-state index contributed by atoms with van der Waals surface area (Å²) in [5.41, 5.74) is 2.93. The minimum atomic E-state index is 0. The quantitative estimate of drug-likeness (QED) is 0.338. The molecule has 0 spiro atoms. The van der Waals surface area contributed by atoms with Crippen LogP contribution >= 0.6 is 24.0 Å². The summed E-state index contributed by atoms with van der Waals surface area (Å²) >= 11 is 0. The third-order valence-electron chi connectivity index (χ3n) is 3.52. The molecule has 0 aliphatic carbocycles. The van der Waals surface area contributed by atoms with E-state index in [2.05, 4.69) is 20.6 Å². The smallest absolute Gasteiger partial charge is 0.226 e. The number of rotatable bonds is 7. The average Bonchev–Trinajstić information content (AvgIpc) is 3.06. The van der Waals surface area contributed by atoms with Crippen LogP contribution in [0.25, 0.3) is 11.5 Å². The molecule has 1 heterocycles. The number of nitrogens with zero attached hydrogens (tertiary/aromatic N) is 2. The maximum Gasteiger partial charge on any atom is 0.226 e. The molecule has 0 fully saturated rings. The van der Waals surface area contributed by atoms with Gasteiger partial charge in [-0.05, 0) is 31.9 Å². The Kier molecular flexibility index (Phi) is 9.51. The van der Waals surface area contributed by atoms with Crippen molar-refractivity contribution in [3.8, 4) is 11.5 Å². The first-order valence-electron chi connectivity index (χ1n) is 8.26. The second-order valence-electron chi connectivity index (χ2n) is 5.87. The molecule has 0 amide bonds. The van der Waals surface area contributed by atoms with Crippen LogP contribution in [0.2, 0.25) is 0 Å². The van der Waals surface area contributed by atoms with E-state index in [0.717, 1.165) is 17.8 Å². The maximum atomic E-state index is 9.09. The number of benzene rings is 1. The van der Waals surface area contributed by atoms with Crippen molar-refractivity contribution in [1.29, 1.82) is 0 Å². The molecule has 25 heavy (non-hydrogen) atoms. The number of aliphatic imine (C=N–C) groups is 1. The first kappa shape index (κ1) is 21.4. The molecule has 3 N–H and O–H groups in total. The summed E-state index contributed by atoms with van der Waals surface area (Å²) < 4.78 is 5.54. The van der Waals surface area contributed by atoms with Crippen LogP contribution in [0.1, 0.15) is 25.1 Å². The zero-order valence-electron chi connectivity index (χ0n) is 15.0. The third kappa shape index (κ3) is 7.03. The molecule has 0 bridgehead atoms. The van der Waals surface area contributed by atoms with Crippen LogP contribution in [0, 0.1) is 12.8 Å². The minimum absolute atomic E-state index is 0. The van der Waals surface area contributed by atoms with Crippen molar-refractivity contribution in [2.45, 2.75) is 27.3 Å². The summed E-state index contributed by atoms with van der Waals surface area (Å²) in [5.74, 6) is 1.48. The van der Waals surface area contributed by atoms with Crippen LogP contribution in [-0.2, 0) is 6.54 Å². The van der Waals surface area contributed by atoms with E-state index in [0.29, 0.717) is 24.9 Å². The fourth-order valence-corrected chi connectivity index (χ4v) is 2.05. The number of aliphatic hydroxyl groups excluding tert-OH is 1. The first-order valence-corrected chi connectivity index (χ1v) is 8.26. The summed E-state index contributed by atoms with van der Waals surface area (Å²) in [4.78, 5) is 8.99. The fraction of sp³-hybridized carbons (Fsp3) is 0.444. The second kappa shape index (κ2) is 11.1. The van der Waals surface area contributed by atoms with Crippen LogP contribution in [-0.4, -0.2) is 35.7 Å². The highest BCUT2D eigenvalue weighted by molar-refractivity contribution is 14.0. The maximum absolute atomic E-state index is 9.09. The van der Waals surface area contributed by atoms with Gasteiger partial charge in [-0.3, -0.25) is 0 Å². The van der Waals surface area contributed by atoms with Gasteiger partial charge < -0.3 is 20.2 Å². The van der Waals surface area contributed by atoms with Gasteiger partial charge in [-0.15, -0.1) is 24.0 Å². The molecule has 1 atom stereocenters. The molecule has 0 saturated heterocycles. The molecular weight excluding hydrogens is 431 g/mol. The number of aryl methyl sites for hydroxylation is 1. The summed E-state index contributed by atoms with van der Waals surface area (Å²) in [6.45, 7) is 8.04. The molecule has 0 radical (unpaired) electrons. The molecule has 138 valence electrons. The molecule has 1 unspecified atom stereocenters. The normalized spacial score (nSPS) is 12.4. The Morgan fingerprint density at radius 1 is 1.28 bits per heavy atom. The summed E-state index contributed by atoms with van der Waals surface area (Å²) in [5, 5.41) is 15.5.